The SMILES string of the molecule is CC(C)(C)c1ccc(Oc2c(C(F)(F)F)oc3cc(OC(=O)/C=C/c4cccc5ccccc45)ccc3c2=O)cc1. The average molecular weight is 559 g/mol. The van der Waals surface area contributed by atoms with E-state index in [9.17, 15) is 22.8 Å². The van der Waals surface area contributed by atoms with Crippen LogP contribution in [0.25, 0.3) is 27.8 Å². The van der Waals surface area contributed by atoms with Crippen molar-refractivity contribution in [2.24, 2.45) is 0 Å². The molecule has 0 unspecified atom stereocenters. The number of rotatable bonds is 5. The predicted octanol–water partition coefficient (Wildman–Crippen LogP) is 8.67. The molecule has 0 aliphatic heterocycles. The Kier molecular flexibility index (Phi) is 7.17. The van der Waals surface area contributed by atoms with E-state index in [1.807, 2.05) is 63.2 Å². The van der Waals surface area contributed by atoms with Gasteiger partial charge < -0.3 is 13.9 Å². The largest absolute Gasteiger partial charge is 0.453 e. The standard InChI is InChI=1S/C33H25F3O5/c1-32(2,3)22-12-14-23(15-13-22)40-30-29(38)26-17-16-24(19-27(26)41-31(30)33(34,35)36)39-28(37)18-11-21-9-6-8-20-7-4-5-10-25(20)21/h4-19H,1-3H3/b18-11+. The number of hydrogen-bond donors (Lipinski definition) is 0. The van der Waals surface area contributed by atoms with Crippen molar-refractivity contribution in [2.45, 2.75) is 32.4 Å². The minimum Gasteiger partial charge on any atom is -0.449 e. The first-order chi connectivity index (χ1) is 19.4. The summed E-state index contributed by atoms with van der Waals surface area (Å²) in [7, 11) is 0. The molecule has 0 aliphatic rings. The van der Waals surface area contributed by atoms with E-state index in [2.05, 4.69) is 0 Å². The molecule has 0 bridgehead atoms. The minimum absolute atomic E-state index is 0.0543. The summed E-state index contributed by atoms with van der Waals surface area (Å²) >= 11 is 0. The summed E-state index contributed by atoms with van der Waals surface area (Å²) in [5.41, 5.74) is 0.151. The molecule has 0 fully saturated rings. The first-order valence-electron chi connectivity index (χ1n) is 12.7. The molecule has 0 saturated heterocycles. The van der Waals surface area contributed by atoms with Crippen molar-refractivity contribution in [2.75, 3.05) is 0 Å². The molecule has 4 aromatic carbocycles. The number of carbonyl (C=O) groups excluding carboxylic acids is 1. The third kappa shape index (κ3) is 6.01. The monoisotopic (exact) mass is 558 g/mol. The fourth-order valence-electron chi connectivity index (χ4n) is 4.34. The van der Waals surface area contributed by atoms with Crippen LogP contribution in [-0.2, 0) is 16.4 Å². The van der Waals surface area contributed by atoms with Crippen LogP contribution in [0, 0.1) is 0 Å². The summed E-state index contributed by atoms with van der Waals surface area (Å²) in [5.74, 6) is -3.36. The van der Waals surface area contributed by atoms with Gasteiger partial charge in [-0.2, -0.15) is 13.2 Å². The van der Waals surface area contributed by atoms with Crippen LogP contribution in [0.1, 0.15) is 37.7 Å². The van der Waals surface area contributed by atoms with Gasteiger partial charge in [-0.15, -0.1) is 0 Å². The smallest absolute Gasteiger partial charge is 0.449 e. The lowest BCUT2D eigenvalue weighted by atomic mass is 9.87. The van der Waals surface area contributed by atoms with Gasteiger partial charge in [0, 0.05) is 12.1 Å². The van der Waals surface area contributed by atoms with Crippen molar-refractivity contribution < 1.29 is 31.9 Å². The molecule has 0 saturated carbocycles. The lowest BCUT2D eigenvalue weighted by Gasteiger charge is -2.19. The van der Waals surface area contributed by atoms with E-state index in [1.165, 1.54) is 30.3 Å². The van der Waals surface area contributed by atoms with E-state index < -0.39 is 34.7 Å². The number of alkyl halides is 3. The molecule has 0 spiro atoms. The van der Waals surface area contributed by atoms with Gasteiger partial charge in [-0.1, -0.05) is 75.4 Å². The van der Waals surface area contributed by atoms with Crippen LogP contribution in [0.3, 0.4) is 0 Å². The van der Waals surface area contributed by atoms with Gasteiger partial charge in [0.25, 0.3) is 5.76 Å². The molecule has 0 radical (unpaired) electrons. The second-order valence-electron chi connectivity index (χ2n) is 10.4. The number of fused-ring (bicyclic) bond motifs is 2. The molecule has 5 aromatic rings. The highest BCUT2D eigenvalue weighted by molar-refractivity contribution is 5.95. The Morgan fingerprint density at radius 1 is 0.829 bits per heavy atom. The molecule has 41 heavy (non-hydrogen) atoms. The summed E-state index contributed by atoms with van der Waals surface area (Å²) in [6.07, 6.45) is -2.22. The van der Waals surface area contributed by atoms with Crippen LogP contribution in [0.2, 0.25) is 0 Å². The normalized spacial score (nSPS) is 12.2. The molecule has 0 amide bonds. The van der Waals surface area contributed by atoms with E-state index in [4.69, 9.17) is 13.9 Å². The second kappa shape index (κ2) is 10.6. The molecule has 1 heterocycles. The maximum atomic E-state index is 14.0. The highest BCUT2D eigenvalue weighted by Crippen LogP contribution is 2.39. The van der Waals surface area contributed by atoms with Crippen LogP contribution < -0.4 is 14.9 Å². The van der Waals surface area contributed by atoms with Gasteiger partial charge in [0.05, 0.1) is 5.39 Å². The van der Waals surface area contributed by atoms with E-state index in [0.29, 0.717) is 0 Å². The lowest BCUT2D eigenvalue weighted by molar-refractivity contribution is -0.154. The number of esters is 1. The topological polar surface area (TPSA) is 65.7 Å². The van der Waals surface area contributed by atoms with E-state index in [0.717, 1.165) is 28.0 Å². The van der Waals surface area contributed by atoms with Gasteiger partial charge in [0.1, 0.15) is 17.1 Å². The van der Waals surface area contributed by atoms with E-state index >= 15 is 0 Å². The number of halogens is 3. The van der Waals surface area contributed by atoms with Gasteiger partial charge in [-0.25, -0.2) is 4.79 Å². The first kappa shape index (κ1) is 27.7. The van der Waals surface area contributed by atoms with Crippen molar-refractivity contribution in [3.05, 3.63) is 118 Å². The highest BCUT2D eigenvalue weighted by Gasteiger charge is 2.40. The first-order valence-corrected chi connectivity index (χ1v) is 12.7. The zero-order valence-electron chi connectivity index (χ0n) is 22.4. The number of ether oxygens (including phenoxy) is 2. The number of hydrogen-bond acceptors (Lipinski definition) is 5. The molecule has 8 heteroatoms. The quantitative estimate of drug-likeness (QED) is 0.123. The lowest BCUT2D eigenvalue weighted by Crippen LogP contribution is -2.16. The second-order valence-corrected chi connectivity index (χ2v) is 10.4. The molecule has 0 aliphatic carbocycles. The minimum atomic E-state index is -5.03. The van der Waals surface area contributed by atoms with Crippen LogP contribution in [0.5, 0.6) is 17.2 Å². The maximum absolute atomic E-state index is 14.0. The zero-order valence-corrected chi connectivity index (χ0v) is 22.4. The summed E-state index contributed by atoms with van der Waals surface area (Å²) in [6, 6.07) is 23.3. The Morgan fingerprint density at radius 2 is 1.51 bits per heavy atom. The molecular formula is C33H25F3O5. The van der Waals surface area contributed by atoms with E-state index in [-0.39, 0.29) is 22.3 Å². The van der Waals surface area contributed by atoms with Crippen LogP contribution >= 0.6 is 0 Å². The van der Waals surface area contributed by atoms with E-state index in [1.54, 1.807) is 18.2 Å². The van der Waals surface area contributed by atoms with Gasteiger partial charge in [-0.05, 0) is 57.7 Å². The van der Waals surface area contributed by atoms with Crippen LogP contribution in [0.4, 0.5) is 13.2 Å². The number of carbonyl (C=O) groups is 1. The molecule has 0 atom stereocenters. The maximum Gasteiger partial charge on any atom is 0.453 e. The fourth-order valence-corrected chi connectivity index (χ4v) is 4.34. The van der Waals surface area contributed by atoms with Gasteiger partial charge in [0.2, 0.25) is 11.2 Å². The Hall–Kier alpha value is -4.85. The molecule has 0 N–H and O–H groups in total. The Balaban J connectivity index is 1.43. The van der Waals surface area contributed by atoms with Gasteiger partial charge in [0.15, 0.2) is 0 Å². The molecule has 208 valence electrons. The predicted molar refractivity (Wildman–Crippen MR) is 151 cm³/mol. The van der Waals surface area contributed by atoms with Crippen molar-refractivity contribution in [1.29, 1.82) is 0 Å². The van der Waals surface area contributed by atoms with Crippen molar-refractivity contribution >= 4 is 33.8 Å². The molecule has 5 rings (SSSR count). The van der Waals surface area contributed by atoms with Gasteiger partial charge in [-0.3, -0.25) is 4.79 Å². The fraction of sp³-hybridized carbons (Fsp3) is 0.152. The molecule has 5 nitrogen and oxygen atoms in total. The summed E-state index contributed by atoms with van der Waals surface area (Å²) in [6.45, 7) is 5.99. The highest BCUT2D eigenvalue weighted by atomic mass is 19.4. The Labute approximate surface area is 233 Å². The Bertz CT molecular complexity index is 1840. The summed E-state index contributed by atoms with van der Waals surface area (Å²) in [4.78, 5) is 25.6. The molecule has 1 aromatic heterocycles. The van der Waals surface area contributed by atoms with Crippen LogP contribution in [0.15, 0.2) is 100 Å². The Morgan fingerprint density at radius 3 is 2.22 bits per heavy atom. The number of benzene rings is 4. The van der Waals surface area contributed by atoms with Gasteiger partial charge >= 0.3 is 12.1 Å². The third-order valence-electron chi connectivity index (χ3n) is 6.46. The average Bonchev–Trinajstić information content (AvgIpc) is 2.92. The van der Waals surface area contributed by atoms with Crippen molar-refractivity contribution in [1.82, 2.24) is 0 Å². The zero-order chi connectivity index (χ0) is 29.4. The summed E-state index contributed by atoms with van der Waals surface area (Å²) in [5, 5.41) is 1.78. The van der Waals surface area contributed by atoms with Crippen molar-refractivity contribution in [3.63, 3.8) is 0 Å². The van der Waals surface area contributed by atoms with Crippen molar-refractivity contribution in [3.8, 4) is 17.2 Å². The molecular weight excluding hydrogens is 533 g/mol. The van der Waals surface area contributed by atoms with Crippen LogP contribution in [-0.4, -0.2) is 5.97 Å². The summed E-state index contributed by atoms with van der Waals surface area (Å²) < 4.78 is 57.7. The third-order valence-corrected chi connectivity index (χ3v) is 6.46.